The predicted octanol–water partition coefficient (Wildman–Crippen LogP) is 3.18. The normalized spacial score (nSPS) is 18.5. The molecule has 0 saturated carbocycles. The Bertz CT molecular complexity index is 510. The summed E-state index contributed by atoms with van der Waals surface area (Å²) in [6, 6.07) is 6.11. The van der Waals surface area contributed by atoms with E-state index in [9.17, 15) is 4.79 Å². The third kappa shape index (κ3) is 5.43. The molecule has 122 valence electrons. The zero-order chi connectivity index (χ0) is 16.2. The molecule has 2 rings (SSSR count). The van der Waals surface area contributed by atoms with Crippen molar-refractivity contribution >= 4 is 5.97 Å². The second-order valence-electron chi connectivity index (χ2n) is 6.83. The van der Waals surface area contributed by atoms with E-state index >= 15 is 0 Å². The summed E-state index contributed by atoms with van der Waals surface area (Å²) in [6.07, 6.45) is 1.38. The van der Waals surface area contributed by atoms with E-state index in [4.69, 9.17) is 14.2 Å². The molecule has 0 spiro atoms. The molecule has 1 atom stereocenters. The molecule has 1 aliphatic heterocycles. The smallest absolute Gasteiger partial charge is 0.310 e. The molecule has 0 amide bonds. The van der Waals surface area contributed by atoms with Crippen molar-refractivity contribution in [3.8, 4) is 0 Å². The first kappa shape index (κ1) is 17.0. The van der Waals surface area contributed by atoms with Gasteiger partial charge in [-0.05, 0) is 45.2 Å². The van der Waals surface area contributed by atoms with E-state index in [2.05, 4.69) is 0 Å². The molecule has 1 aromatic rings. The van der Waals surface area contributed by atoms with Crippen molar-refractivity contribution in [2.45, 2.75) is 58.8 Å². The van der Waals surface area contributed by atoms with Crippen LogP contribution < -0.4 is 0 Å². The van der Waals surface area contributed by atoms with E-state index in [1.165, 1.54) is 0 Å². The largest absolute Gasteiger partial charge is 0.460 e. The number of carbonyl (C=O) groups excluding carboxylic acids is 1. The molecule has 4 heteroatoms. The van der Waals surface area contributed by atoms with Gasteiger partial charge in [0.2, 0.25) is 0 Å². The Morgan fingerprint density at radius 1 is 1.32 bits per heavy atom. The summed E-state index contributed by atoms with van der Waals surface area (Å²) in [4.78, 5) is 12.1. The van der Waals surface area contributed by atoms with Crippen LogP contribution in [0.3, 0.4) is 0 Å². The van der Waals surface area contributed by atoms with E-state index in [-0.39, 0.29) is 18.5 Å². The fourth-order valence-corrected chi connectivity index (χ4v) is 2.45. The number of hydrogen-bond acceptors (Lipinski definition) is 4. The van der Waals surface area contributed by atoms with Gasteiger partial charge >= 0.3 is 5.97 Å². The lowest BCUT2D eigenvalue weighted by molar-refractivity contribution is -0.153. The third-order valence-electron chi connectivity index (χ3n) is 3.48. The second-order valence-corrected chi connectivity index (χ2v) is 6.83. The summed E-state index contributed by atoms with van der Waals surface area (Å²) in [7, 11) is 0. The molecular formula is C18H26O4. The van der Waals surface area contributed by atoms with Crippen LogP contribution in [0, 0.1) is 6.92 Å². The maximum absolute atomic E-state index is 12.1. The molecule has 4 nitrogen and oxygen atoms in total. The molecule has 0 aliphatic carbocycles. The number of rotatable bonds is 5. The lowest BCUT2D eigenvalue weighted by Gasteiger charge is -2.20. The lowest BCUT2D eigenvalue weighted by Crippen LogP contribution is -2.25. The molecule has 1 fully saturated rings. The van der Waals surface area contributed by atoms with Crippen LogP contribution in [0.2, 0.25) is 0 Å². The SMILES string of the molecule is Cc1ccc(CO[C@H]2CCOC2)c(CC(=O)OC(C)(C)C)c1. The topological polar surface area (TPSA) is 44.8 Å². The van der Waals surface area contributed by atoms with E-state index in [0.29, 0.717) is 13.2 Å². The first-order chi connectivity index (χ1) is 10.3. The number of aryl methyl sites for hydroxylation is 1. The number of carbonyl (C=O) groups is 1. The highest BCUT2D eigenvalue weighted by atomic mass is 16.6. The third-order valence-corrected chi connectivity index (χ3v) is 3.48. The number of esters is 1. The molecule has 0 N–H and O–H groups in total. The van der Waals surface area contributed by atoms with E-state index < -0.39 is 5.60 Å². The molecular weight excluding hydrogens is 280 g/mol. The molecule has 0 aromatic heterocycles. The second kappa shape index (κ2) is 7.25. The summed E-state index contributed by atoms with van der Waals surface area (Å²) < 4.78 is 16.6. The first-order valence-electron chi connectivity index (χ1n) is 7.83. The molecule has 1 aromatic carbocycles. The van der Waals surface area contributed by atoms with Gasteiger partial charge in [-0.1, -0.05) is 23.8 Å². The zero-order valence-electron chi connectivity index (χ0n) is 14.0. The van der Waals surface area contributed by atoms with Crippen LogP contribution in [0.15, 0.2) is 18.2 Å². The lowest BCUT2D eigenvalue weighted by atomic mass is 10.0. The average molecular weight is 306 g/mol. The van der Waals surface area contributed by atoms with Crippen molar-refractivity contribution in [2.75, 3.05) is 13.2 Å². The van der Waals surface area contributed by atoms with Gasteiger partial charge in [-0.2, -0.15) is 0 Å². The highest BCUT2D eigenvalue weighted by Crippen LogP contribution is 2.18. The number of benzene rings is 1. The molecule has 0 bridgehead atoms. The maximum Gasteiger partial charge on any atom is 0.310 e. The molecule has 0 radical (unpaired) electrons. The summed E-state index contributed by atoms with van der Waals surface area (Å²) in [5.41, 5.74) is 2.70. The van der Waals surface area contributed by atoms with Crippen molar-refractivity contribution in [2.24, 2.45) is 0 Å². The summed E-state index contributed by atoms with van der Waals surface area (Å²) in [6.45, 7) is 9.60. The van der Waals surface area contributed by atoms with Crippen molar-refractivity contribution in [1.29, 1.82) is 0 Å². The summed E-state index contributed by atoms with van der Waals surface area (Å²) in [5.74, 6) is -0.205. The fraction of sp³-hybridized carbons (Fsp3) is 0.611. The number of hydrogen-bond donors (Lipinski definition) is 0. The Balaban J connectivity index is 2.01. The Morgan fingerprint density at radius 2 is 2.09 bits per heavy atom. The van der Waals surface area contributed by atoms with Crippen molar-refractivity contribution < 1.29 is 19.0 Å². The minimum atomic E-state index is -0.460. The van der Waals surface area contributed by atoms with Gasteiger partial charge < -0.3 is 14.2 Å². The van der Waals surface area contributed by atoms with Gasteiger partial charge in [0.25, 0.3) is 0 Å². The minimum absolute atomic E-state index is 0.163. The van der Waals surface area contributed by atoms with Crippen LogP contribution in [-0.4, -0.2) is 30.9 Å². The monoisotopic (exact) mass is 306 g/mol. The molecule has 1 saturated heterocycles. The Morgan fingerprint density at radius 3 is 2.73 bits per heavy atom. The molecule has 1 aliphatic rings. The van der Waals surface area contributed by atoms with Crippen LogP contribution >= 0.6 is 0 Å². The van der Waals surface area contributed by atoms with Gasteiger partial charge in [0, 0.05) is 6.61 Å². The quantitative estimate of drug-likeness (QED) is 0.784. The van der Waals surface area contributed by atoms with Gasteiger partial charge in [0.1, 0.15) is 5.60 Å². The van der Waals surface area contributed by atoms with E-state index in [1.54, 1.807) is 0 Å². The van der Waals surface area contributed by atoms with Crippen LogP contribution in [0.5, 0.6) is 0 Å². The van der Waals surface area contributed by atoms with Gasteiger partial charge in [-0.3, -0.25) is 4.79 Å². The van der Waals surface area contributed by atoms with Crippen molar-refractivity contribution in [1.82, 2.24) is 0 Å². The van der Waals surface area contributed by atoms with E-state index in [0.717, 1.165) is 29.7 Å². The van der Waals surface area contributed by atoms with Crippen LogP contribution in [0.1, 0.15) is 43.9 Å². The van der Waals surface area contributed by atoms with Gasteiger partial charge in [0.05, 0.1) is 25.7 Å². The molecule has 1 heterocycles. The van der Waals surface area contributed by atoms with Crippen molar-refractivity contribution in [3.05, 3.63) is 34.9 Å². The molecule has 22 heavy (non-hydrogen) atoms. The minimum Gasteiger partial charge on any atom is -0.460 e. The summed E-state index contributed by atoms with van der Waals surface area (Å²) >= 11 is 0. The Hall–Kier alpha value is -1.39. The zero-order valence-corrected chi connectivity index (χ0v) is 14.0. The van der Waals surface area contributed by atoms with Crippen LogP contribution in [-0.2, 0) is 32.0 Å². The van der Waals surface area contributed by atoms with Crippen LogP contribution in [0.25, 0.3) is 0 Å². The Kier molecular flexibility index (Phi) is 5.59. The molecule has 0 unspecified atom stereocenters. The maximum atomic E-state index is 12.1. The fourth-order valence-electron chi connectivity index (χ4n) is 2.45. The highest BCUT2D eigenvalue weighted by Gasteiger charge is 2.19. The standard InChI is InChI=1S/C18H26O4/c1-13-5-6-14(11-21-16-7-8-20-12-16)15(9-13)10-17(19)22-18(2,3)4/h5-6,9,16H,7-8,10-12H2,1-4H3/t16-/m0/s1. The Labute approximate surface area is 132 Å². The predicted molar refractivity (Wildman–Crippen MR) is 84.7 cm³/mol. The van der Waals surface area contributed by atoms with Gasteiger partial charge in [-0.15, -0.1) is 0 Å². The summed E-state index contributed by atoms with van der Waals surface area (Å²) in [5, 5.41) is 0. The highest BCUT2D eigenvalue weighted by molar-refractivity contribution is 5.73. The average Bonchev–Trinajstić information content (AvgIpc) is 2.88. The van der Waals surface area contributed by atoms with E-state index in [1.807, 2.05) is 45.9 Å². The van der Waals surface area contributed by atoms with Crippen LogP contribution in [0.4, 0.5) is 0 Å². The van der Waals surface area contributed by atoms with Gasteiger partial charge in [0.15, 0.2) is 0 Å². The number of ether oxygens (including phenoxy) is 3. The first-order valence-corrected chi connectivity index (χ1v) is 7.83. The van der Waals surface area contributed by atoms with Gasteiger partial charge in [-0.25, -0.2) is 0 Å². The van der Waals surface area contributed by atoms with Crippen molar-refractivity contribution in [3.63, 3.8) is 0 Å².